The normalized spacial score (nSPS) is 23.6. The lowest BCUT2D eigenvalue weighted by molar-refractivity contribution is 0.0853. The molecule has 0 aliphatic heterocycles. The molecule has 1 fully saturated rings. The molecule has 1 heterocycles. The maximum atomic E-state index is 12.9. The summed E-state index contributed by atoms with van der Waals surface area (Å²) < 4.78 is 5.88. The van der Waals surface area contributed by atoms with E-state index in [1.165, 1.54) is 0 Å². The maximum Gasteiger partial charge on any atom is 0.236 e. The minimum Gasteiger partial charge on any atom is -0.423 e. The lowest BCUT2D eigenvalue weighted by Gasteiger charge is -2.28. The third-order valence-corrected chi connectivity index (χ3v) is 5.68. The van der Waals surface area contributed by atoms with Crippen molar-refractivity contribution < 1.29 is 9.21 Å². The van der Waals surface area contributed by atoms with Crippen LogP contribution in [0.5, 0.6) is 0 Å². The van der Waals surface area contributed by atoms with Gasteiger partial charge in [0.05, 0.1) is 5.54 Å². The van der Waals surface area contributed by atoms with Crippen molar-refractivity contribution >= 4 is 15.0 Å². The van der Waals surface area contributed by atoms with Crippen LogP contribution in [0, 0.1) is 5.92 Å². The fourth-order valence-electron chi connectivity index (χ4n) is 3.26. The zero-order chi connectivity index (χ0) is 17.2. The van der Waals surface area contributed by atoms with Gasteiger partial charge in [-0.15, -0.1) is 19.4 Å². The van der Waals surface area contributed by atoms with Crippen molar-refractivity contribution in [2.24, 2.45) is 11.7 Å². The van der Waals surface area contributed by atoms with E-state index in [4.69, 9.17) is 10.2 Å². The Morgan fingerprint density at radius 1 is 1.29 bits per heavy atom. The molecular formula is C18H24N3O2P. The van der Waals surface area contributed by atoms with Gasteiger partial charge in [0.15, 0.2) is 5.78 Å². The smallest absolute Gasteiger partial charge is 0.236 e. The number of benzene rings is 1. The topological polar surface area (TPSA) is 82.0 Å². The molecule has 1 aliphatic rings. The Morgan fingerprint density at radius 2 is 2.00 bits per heavy atom. The Hall–Kier alpha value is -1.58. The number of hydrogen-bond donors (Lipinski definition) is 1. The number of aromatic nitrogens is 2. The Labute approximate surface area is 144 Å². The van der Waals surface area contributed by atoms with E-state index in [1.54, 1.807) is 0 Å². The van der Waals surface area contributed by atoms with Crippen LogP contribution in [0.3, 0.4) is 0 Å². The van der Waals surface area contributed by atoms with Gasteiger partial charge in [0, 0.05) is 17.4 Å². The molecule has 1 aromatic heterocycles. The molecule has 5 nitrogen and oxygen atoms in total. The van der Waals surface area contributed by atoms with Gasteiger partial charge in [-0.05, 0) is 25.9 Å². The van der Waals surface area contributed by atoms with E-state index in [-0.39, 0.29) is 17.6 Å². The van der Waals surface area contributed by atoms with Crippen LogP contribution < -0.4 is 5.73 Å². The molecule has 0 radical (unpaired) electrons. The number of nitrogens with zero attached hydrogens (tertiary/aromatic N) is 2. The van der Waals surface area contributed by atoms with Gasteiger partial charge >= 0.3 is 0 Å². The number of hydrogen-bond acceptors (Lipinski definition) is 5. The van der Waals surface area contributed by atoms with E-state index in [9.17, 15) is 4.79 Å². The molecule has 1 unspecified atom stereocenters. The van der Waals surface area contributed by atoms with Crippen LogP contribution in [-0.2, 0) is 5.54 Å². The zero-order valence-corrected chi connectivity index (χ0v) is 15.1. The molecule has 3 rings (SSSR count). The molecule has 6 heteroatoms. The molecule has 24 heavy (non-hydrogen) atoms. The van der Waals surface area contributed by atoms with Gasteiger partial charge in [0.25, 0.3) is 0 Å². The highest BCUT2D eigenvalue weighted by atomic mass is 31.0. The van der Waals surface area contributed by atoms with Gasteiger partial charge in [0.2, 0.25) is 11.8 Å². The summed E-state index contributed by atoms with van der Waals surface area (Å²) >= 11 is 0. The van der Waals surface area contributed by atoms with Gasteiger partial charge in [-0.2, -0.15) is 0 Å². The van der Waals surface area contributed by atoms with Crippen LogP contribution in [0.2, 0.25) is 0 Å². The third kappa shape index (κ3) is 3.42. The predicted molar refractivity (Wildman–Crippen MR) is 95.9 cm³/mol. The molecule has 1 aliphatic carbocycles. The summed E-state index contributed by atoms with van der Waals surface area (Å²) in [6, 6.07) is 9.46. The summed E-state index contributed by atoms with van der Waals surface area (Å²) in [6.45, 7) is 1.87. The van der Waals surface area contributed by atoms with Crippen molar-refractivity contribution in [3.63, 3.8) is 0 Å². The van der Waals surface area contributed by atoms with Crippen LogP contribution in [0.4, 0.5) is 0 Å². The molecule has 0 bridgehead atoms. The highest BCUT2D eigenvalue weighted by Gasteiger charge is 2.37. The van der Waals surface area contributed by atoms with Crippen molar-refractivity contribution in [1.29, 1.82) is 0 Å². The van der Waals surface area contributed by atoms with Gasteiger partial charge in [-0.1, -0.05) is 43.2 Å². The first-order valence-electron chi connectivity index (χ1n) is 8.45. The summed E-state index contributed by atoms with van der Waals surface area (Å²) in [5.74, 6) is 1.03. The van der Waals surface area contributed by atoms with E-state index in [1.807, 2.05) is 37.3 Å². The number of rotatable bonds is 5. The van der Waals surface area contributed by atoms with Crippen molar-refractivity contribution in [3.05, 3.63) is 47.7 Å². The molecule has 2 N–H and O–H groups in total. The zero-order valence-electron chi connectivity index (χ0n) is 13.9. The highest BCUT2D eigenvalue weighted by Crippen LogP contribution is 2.39. The Balaban J connectivity index is 1.87. The first-order chi connectivity index (χ1) is 11.5. The second-order valence-corrected chi connectivity index (χ2v) is 7.20. The highest BCUT2D eigenvalue weighted by molar-refractivity contribution is 7.16. The summed E-state index contributed by atoms with van der Waals surface area (Å²) in [5, 5.41) is 8.36. The summed E-state index contributed by atoms with van der Waals surface area (Å²) in [4.78, 5) is 12.9. The van der Waals surface area contributed by atoms with Crippen molar-refractivity contribution in [2.45, 2.75) is 44.1 Å². The molecule has 1 aromatic carbocycles. The van der Waals surface area contributed by atoms with E-state index < -0.39 is 5.54 Å². The number of Topliss-reactive ketones (excluding diaryl/α,β-unsaturated/α-hetero) is 1. The average molecular weight is 345 g/mol. The van der Waals surface area contributed by atoms with Crippen molar-refractivity contribution in [3.8, 4) is 0 Å². The number of nitrogens with two attached hydrogens (primary N) is 1. The fraction of sp³-hybridized carbons (Fsp3) is 0.500. The largest absolute Gasteiger partial charge is 0.423 e. The SMILES string of the molecule is C[C@@](N)(CP)c1nnc([C@H]2CCCC[C@@H]2C(=O)c2ccccc2)o1. The van der Waals surface area contributed by atoms with E-state index in [0.29, 0.717) is 17.9 Å². The molecule has 0 amide bonds. The molecule has 0 saturated heterocycles. The van der Waals surface area contributed by atoms with Crippen LogP contribution in [0.25, 0.3) is 0 Å². The monoisotopic (exact) mass is 345 g/mol. The minimum absolute atomic E-state index is 0.0204. The van der Waals surface area contributed by atoms with Crippen LogP contribution in [0.15, 0.2) is 34.7 Å². The second kappa shape index (κ2) is 7.12. The van der Waals surface area contributed by atoms with Gasteiger partial charge in [-0.3, -0.25) is 4.79 Å². The first-order valence-corrected chi connectivity index (χ1v) is 9.26. The first kappa shape index (κ1) is 17.2. The van der Waals surface area contributed by atoms with Crippen LogP contribution >= 0.6 is 9.24 Å². The Morgan fingerprint density at radius 3 is 2.71 bits per heavy atom. The van der Waals surface area contributed by atoms with E-state index >= 15 is 0 Å². The van der Waals surface area contributed by atoms with E-state index in [2.05, 4.69) is 19.4 Å². The molecule has 0 spiro atoms. The summed E-state index contributed by atoms with van der Waals surface area (Å²) in [7, 11) is 2.61. The Kier molecular flexibility index (Phi) is 5.12. The molecule has 4 atom stereocenters. The van der Waals surface area contributed by atoms with Gasteiger partial charge in [-0.25, -0.2) is 0 Å². The second-order valence-electron chi connectivity index (χ2n) is 6.79. The number of ketones is 1. The van der Waals surface area contributed by atoms with Crippen molar-refractivity contribution in [2.75, 3.05) is 6.16 Å². The molecule has 128 valence electrons. The lowest BCUT2D eigenvalue weighted by Crippen LogP contribution is -2.35. The standard InChI is InChI=1S/C18H24N3O2P/c1-18(19,11-24)17-21-20-16(23-17)14-10-6-5-9-13(14)15(22)12-7-3-2-4-8-12/h2-4,7-8,13-14H,5-6,9-11,19,24H2,1H3/t13-,14-,18+/m0/s1. The minimum atomic E-state index is -0.663. The van der Waals surface area contributed by atoms with Gasteiger partial charge < -0.3 is 10.2 Å². The van der Waals surface area contributed by atoms with Gasteiger partial charge in [0.1, 0.15) is 0 Å². The van der Waals surface area contributed by atoms with E-state index in [0.717, 1.165) is 31.2 Å². The summed E-state index contributed by atoms with van der Waals surface area (Å²) in [5.41, 5.74) is 6.27. The van der Waals surface area contributed by atoms with Crippen molar-refractivity contribution in [1.82, 2.24) is 10.2 Å². The fourth-order valence-corrected chi connectivity index (χ4v) is 3.43. The maximum absolute atomic E-state index is 12.9. The molecule has 1 saturated carbocycles. The quantitative estimate of drug-likeness (QED) is 0.664. The van der Waals surface area contributed by atoms with Crippen LogP contribution in [-0.4, -0.2) is 22.1 Å². The number of carbonyl (C=O) groups is 1. The van der Waals surface area contributed by atoms with Crippen LogP contribution in [0.1, 0.15) is 60.7 Å². The summed E-state index contributed by atoms with van der Waals surface area (Å²) in [6.07, 6.45) is 4.52. The number of carbonyl (C=O) groups excluding carboxylic acids is 1. The Bertz CT molecular complexity index is 699. The average Bonchev–Trinajstić information content (AvgIpc) is 3.13. The predicted octanol–water partition coefficient (Wildman–Crippen LogP) is 3.28. The molecular weight excluding hydrogens is 321 g/mol. The third-order valence-electron chi connectivity index (χ3n) is 4.83. The molecule has 2 aromatic rings. The lowest BCUT2D eigenvalue weighted by atomic mass is 9.75.